The molecule has 0 aromatic heterocycles. The highest BCUT2D eigenvalue weighted by Gasteiger charge is 2.28. The molecule has 128 valence electrons. The van der Waals surface area contributed by atoms with Crippen LogP contribution in [0.15, 0.2) is 18.2 Å². The number of nitrogens with two attached hydrogens (primary N) is 1. The van der Waals surface area contributed by atoms with Crippen molar-refractivity contribution in [2.75, 3.05) is 19.6 Å². The predicted molar refractivity (Wildman–Crippen MR) is 93.5 cm³/mol. The summed E-state index contributed by atoms with van der Waals surface area (Å²) in [6.07, 6.45) is 3.11. The van der Waals surface area contributed by atoms with E-state index in [0.717, 1.165) is 25.8 Å². The molecule has 1 aliphatic heterocycles. The minimum absolute atomic E-state index is 0. The molecule has 1 aromatic rings. The molecule has 1 heterocycles. The highest BCUT2D eigenvalue weighted by Crippen LogP contribution is 2.33. The molecule has 1 atom stereocenters. The maximum absolute atomic E-state index is 12.5. The van der Waals surface area contributed by atoms with Gasteiger partial charge in [-0.2, -0.15) is 0 Å². The van der Waals surface area contributed by atoms with E-state index in [1.54, 1.807) is 0 Å². The van der Waals surface area contributed by atoms with Crippen molar-refractivity contribution in [1.29, 1.82) is 0 Å². The van der Waals surface area contributed by atoms with Gasteiger partial charge in [-0.05, 0) is 49.8 Å². The topological polar surface area (TPSA) is 75.4 Å². The monoisotopic (exact) mass is 339 g/mol. The van der Waals surface area contributed by atoms with E-state index < -0.39 is 0 Å². The second-order valence-electron chi connectivity index (χ2n) is 5.87. The van der Waals surface area contributed by atoms with E-state index in [1.807, 2.05) is 11.0 Å². The third-order valence-corrected chi connectivity index (χ3v) is 4.45. The minimum Gasteiger partial charge on any atom is -0.346 e. The number of amides is 2. The van der Waals surface area contributed by atoms with Gasteiger partial charge in [0.25, 0.3) is 0 Å². The normalized spacial score (nSPS) is 17.3. The van der Waals surface area contributed by atoms with Gasteiger partial charge in [-0.1, -0.05) is 18.2 Å². The molecule has 1 saturated heterocycles. The van der Waals surface area contributed by atoms with E-state index in [2.05, 4.69) is 31.3 Å². The Hall–Kier alpha value is -1.59. The Balaban J connectivity index is 0.00000264. The SMILES string of the molecule is Cc1cccc(C2CCCCN2C(=O)CNC(=O)CN)c1C.Cl. The summed E-state index contributed by atoms with van der Waals surface area (Å²) in [5.41, 5.74) is 8.97. The number of likely N-dealkylation sites (tertiary alicyclic amines) is 1. The lowest BCUT2D eigenvalue weighted by Gasteiger charge is -2.37. The second kappa shape index (κ2) is 8.89. The first-order chi connectivity index (χ1) is 10.5. The molecule has 6 heteroatoms. The van der Waals surface area contributed by atoms with Crippen LogP contribution in [0.25, 0.3) is 0 Å². The lowest BCUT2D eigenvalue weighted by Crippen LogP contribution is -2.45. The molecule has 1 unspecified atom stereocenters. The molecule has 0 aliphatic carbocycles. The van der Waals surface area contributed by atoms with E-state index in [9.17, 15) is 9.59 Å². The van der Waals surface area contributed by atoms with Crippen LogP contribution in [0.4, 0.5) is 0 Å². The average molecular weight is 340 g/mol. The lowest BCUT2D eigenvalue weighted by atomic mass is 9.90. The molecule has 1 aliphatic rings. The Labute approximate surface area is 144 Å². The largest absolute Gasteiger partial charge is 0.346 e. The summed E-state index contributed by atoms with van der Waals surface area (Å²) in [6.45, 7) is 4.88. The molecule has 23 heavy (non-hydrogen) atoms. The molecule has 1 aromatic carbocycles. The first kappa shape index (κ1) is 19.5. The van der Waals surface area contributed by atoms with Crippen LogP contribution in [0.5, 0.6) is 0 Å². The lowest BCUT2D eigenvalue weighted by molar-refractivity contribution is -0.136. The Kier molecular flexibility index (Phi) is 7.52. The van der Waals surface area contributed by atoms with Gasteiger partial charge in [0.1, 0.15) is 0 Å². The number of aryl methyl sites for hydroxylation is 1. The number of carbonyl (C=O) groups is 2. The van der Waals surface area contributed by atoms with Crippen LogP contribution >= 0.6 is 12.4 Å². The van der Waals surface area contributed by atoms with Crippen LogP contribution in [0, 0.1) is 13.8 Å². The van der Waals surface area contributed by atoms with Gasteiger partial charge in [-0.15, -0.1) is 12.4 Å². The number of piperidine rings is 1. The van der Waals surface area contributed by atoms with Crippen LogP contribution in [0.2, 0.25) is 0 Å². The van der Waals surface area contributed by atoms with Crippen LogP contribution in [-0.2, 0) is 9.59 Å². The van der Waals surface area contributed by atoms with Crippen molar-refractivity contribution >= 4 is 24.2 Å². The maximum atomic E-state index is 12.5. The fourth-order valence-electron chi connectivity index (χ4n) is 3.04. The Morgan fingerprint density at radius 3 is 2.74 bits per heavy atom. The maximum Gasteiger partial charge on any atom is 0.242 e. The standard InChI is InChI=1S/C17H25N3O2.ClH/c1-12-6-5-7-14(13(12)2)15-8-3-4-9-20(15)17(22)11-19-16(21)10-18;/h5-7,15H,3-4,8-11,18H2,1-2H3,(H,19,21);1H. The van der Waals surface area contributed by atoms with Crippen molar-refractivity contribution in [3.63, 3.8) is 0 Å². The second-order valence-corrected chi connectivity index (χ2v) is 5.87. The zero-order chi connectivity index (χ0) is 16.1. The minimum atomic E-state index is -0.298. The summed E-state index contributed by atoms with van der Waals surface area (Å²) in [6, 6.07) is 6.35. The van der Waals surface area contributed by atoms with Gasteiger partial charge in [0.05, 0.1) is 19.1 Å². The predicted octanol–water partition coefficient (Wildman–Crippen LogP) is 1.85. The van der Waals surface area contributed by atoms with Gasteiger partial charge in [-0.25, -0.2) is 0 Å². The van der Waals surface area contributed by atoms with Crippen LogP contribution in [0.1, 0.15) is 42.0 Å². The molecular weight excluding hydrogens is 314 g/mol. The van der Waals surface area contributed by atoms with E-state index in [1.165, 1.54) is 16.7 Å². The van der Waals surface area contributed by atoms with E-state index >= 15 is 0 Å². The number of nitrogens with one attached hydrogen (secondary N) is 1. The summed E-state index contributed by atoms with van der Waals surface area (Å²) in [7, 11) is 0. The third kappa shape index (κ3) is 4.69. The summed E-state index contributed by atoms with van der Waals surface area (Å²) in [4.78, 5) is 25.6. The van der Waals surface area contributed by atoms with Crippen molar-refractivity contribution < 1.29 is 9.59 Å². The molecule has 2 rings (SSSR count). The van der Waals surface area contributed by atoms with Crippen molar-refractivity contribution in [2.24, 2.45) is 5.73 Å². The molecular formula is C17H26ClN3O2. The first-order valence-corrected chi connectivity index (χ1v) is 7.87. The van der Waals surface area contributed by atoms with Gasteiger partial charge in [0.15, 0.2) is 0 Å². The van der Waals surface area contributed by atoms with Gasteiger partial charge in [0, 0.05) is 6.54 Å². The smallest absolute Gasteiger partial charge is 0.242 e. The summed E-state index contributed by atoms with van der Waals surface area (Å²) in [5, 5.41) is 2.57. The summed E-state index contributed by atoms with van der Waals surface area (Å²) < 4.78 is 0. The fraction of sp³-hybridized carbons (Fsp3) is 0.529. The average Bonchev–Trinajstić information content (AvgIpc) is 2.55. The highest BCUT2D eigenvalue weighted by molar-refractivity contribution is 5.86. The molecule has 0 saturated carbocycles. The molecule has 0 bridgehead atoms. The van der Waals surface area contributed by atoms with E-state index in [0.29, 0.717) is 0 Å². The summed E-state index contributed by atoms with van der Waals surface area (Å²) in [5.74, 6) is -0.332. The highest BCUT2D eigenvalue weighted by atomic mass is 35.5. The van der Waals surface area contributed by atoms with Crippen LogP contribution in [0.3, 0.4) is 0 Å². The van der Waals surface area contributed by atoms with Crippen molar-refractivity contribution in [2.45, 2.75) is 39.2 Å². The van der Waals surface area contributed by atoms with E-state index in [-0.39, 0.29) is 43.4 Å². The number of benzene rings is 1. The van der Waals surface area contributed by atoms with Gasteiger partial charge in [-0.3, -0.25) is 9.59 Å². The van der Waals surface area contributed by atoms with Gasteiger partial charge < -0.3 is 16.0 Å². The number of nitrogens with zero attached hydrogens (tertiary/aromatic N) is 1. The van der Waals surface area contributed by atoms with Crippen molar-refractivity contribution in [1.82, 2.24) is 10.2 Å². The Bertz CT molecular complexity index is 563. The van der Waals surface area contributed by atoms with Crippen LogP contribution in [-0.4, -0.2) is 36.3 Å². The number of halogens is 1. The quantitative estimate of drug-likeness (QED) is 0.879. The molecule has 1 fully saturated rings. The van der Waals surface area contributed by atoms with E-state index in [4.69, 9.17) is 5.73 Å². The molecule has 3 N–H and O–H groups in total. The van der Waals surface area contributed by atoms with Crippen LogP contribution < -0.4 is 11.1 Å². The number of hydrogen-bond acceptors (Lipinski definition) is 3. The summed E-state index contributed by atoms with van der Waals surface area (Å²) >= 11 is 0. The third-order valence-electron chi connectivity index (χ3n) is 4.45. The number of hydrogen-bond donors (Lipinski definition) is 2. The Morgan fingerprint density at radius 1 is 1.30 bits per heavy atom. The van der Waals surface area contributed by atoms with Gasteiger partial charge >= 0.3 is 0 Å². The van der Waals surface area contributed by atoms with Crippen molar-refractivity contribution in [3.8, 4) is 0 Å². The molecule has 2 amide bonds. The van der Waals surface area contributed by atoms with Gasteiger partial charge in [0.2, 0.25) is 11.8 Å². The molecule has 0 spiro atoms. The Morgan fingerprint density at radius 2 is 2.04 bits per heavy atom. The molecule has 0 radical (unpaired) electrons. The molecule has 5 nitrogen and oxygen atoms in total. The first-order valence-electron chi connectivity index (χ1n) is 7.87. The fourth-order valence-corrected chi connectivity index (χ4v) is 3.04. The number of rotatable bonds is 4. The zero-order valence-corrected chi connectivity index (χ0v) is 14.6. The van der Waals surface area contributed by atoms with Crippen molar-refractivity contribution in [3.05, 3.63) is 34.9 Å². The zero-order valence-electron chi connectivity index (χ0n) is 13.8. The number of carbonyl (C=O) groups excluding carboxylic acids is 2.